The van der Waals surface area contributed by atoms with E-state index in [-0.39, 0.29) is 11.5 Å². The van der Waals surface area contributed by atoms with Gasteiger partial charge in [0.05, 0.1) is 11.9 Å². The predicted molar refractivity (Wildman–Crippen MR) is 82.9 cm³/mol. The zero-order chi connectivity index (χ0) is 15.1. The lowest BCUT2D eigenvalue weighted by Gasteiger charge is -2.16. The number of aryl methyl sites for hydroxylation is 1. The monoisotopic (exact) mass is 344 g/mol. The maximum Gasteiger partial charge on any atom is 0.283 e. The third-order valence-corrected chi connectivity index (χ3v) is 3.50. The summed E-state index contributed by atoms with van der Waals surface area (Å²) in [6, 6.07) is -0.430. The summed E-state index contributed by atoms with van der Waals surface area (Å²) in [5, 5.41) is 9.88. The van der Waals surface area contributed by atoms with Crippen LogP contribution in [0.3, 0.4) is 0 Å². The molecular weight excluding hydrogens is 324 g/mol. The van der Waals surface area contributed by atoms with Gasteiger partial charge >= 0.3 is 0 Å². The van der Waals surface area contributed by atoms with Crippen molar-refractivity contribution in [2.75, 3.05) is 11.9 Å². The molecule has 1 rings (SSSR count). The van der Waals surface area contributed by atoms with Crippen LogP contribution in [0.1, 0.15) is 33.6 Å². The number of hydrogen-bond acceptors (Lipinski definition) is 4. The highest BCUT2D eigenvalue weighted by Gasteiger charge is 2.15. The molecule has 2 N–H and O–H groups in total. The third kappa shape index (κ3) is 4.33. The van der Waals surface area contributed by atoms with Crippen molar-refractivity contribution in [3.8, 4) is 0 Å². The smallest absolute Gasteiger partial charge is 0.283 e. The molecule has 0 aliphatic carbocycles. The summed E-state index contributed by atoms with van der Waals surface area (Å²) < 4.78 is 1.80. The standard InChI is InChI=1S/C13H21BrN4O2/c1-4-6-15-12(19)9(3)17-10-8-16-18(7-5-2)13(20)11(10)14/h8-9,17H,4-7H2,1-3H3,(H,15,19). The van der Waals surface area contributed by atoms with Crippen molar-refractivity contribution in [2.24, 2.45) is 0 Å². The first-order chi connectivity index (χ1) is 9.51. The quantitative estimate of drug-likeness (QED) is 0.789. The lowest BCUT2D eigenvalue weighted by Crippen LogP contribution is -2.38. The normalized spacial score (nSPS) is 12.0. The molecule has 1 unspecified atom stereocenters. The van der Waals surface area contributed by atoms with E-state index in [0.29, 0.717) is 23.2 Å². The van der Waals surface area contributed by atoms with E-state index < -0.39 is 6.04 Å². The lowest BCUT2D eigenvalue weighted by atomic mass is 10.3. The Balaban J connectivity index is 2.80. The fraction of sp³-hybridized carbons (Fsp3) is 0.615. The highest BCUT2D eigenvalue weighted by Crippen LogP contribution is 2.17. The van der Waals surface area contributed by atoms with Crippen molar-refractivity contribution >= 4 is 27.5 Å². The van der Waals surface area contributed by atoms with Gasteiger partial charge in [-0.15, -0.1) is 0 Å². The molecule has 1 heterocycles. The summed E-state index contributed by atoms with van der Waals surface area (Å²) in [6.45, 7) is 6.93. The molecule has 0 saturated heterocycles. The van der Waals surface area contributed by atoms with Gasteiger partial charge < -0.3 is 10.6 Å². The zero-order valence-corrected chi connectivity index (χ0v) is 13.7. The number of nitrogens with one attached hydrogen (secondary N) is 2. The number of carbonyl (C=O) groups excluding carboxylic acids is 1. The molecule has 6 nitrogen and oxygen atoms in total. The molecule has 0 spiro atoms. The summed E-state index contributed by atoms with van der Waals surface area (Å²) in [4.78, 5) is 23.8. The first-order valence-electron chi connectivity index (χ1n) is 6.81. The van der Waals surface area contributed by atoms with Gasteiger partial charge in [0, 0.05) is 13.1 Å². The number of nitrogens with zero attached hydrogens (tertiary/aromatic N) is 2. The minimum absolute atomic E-state index is 0.100. The summed E-state index contributed by atoms with van der Waals surface area (Å²) in [5.74, 6) is -0.100. The van der Waals surface area contributed by atoms with Gasteiger partial charge in [-0.05, 0) is 35.7 Å². The molecule has 1 atom stereocenters. The number of halogens is 1. The molecular formula is C13H21BrN4O2. The largest absolute Gasteiger partial charge is 0.372 e. The molecule has 1 amide bonds. The molecule has 0 aromatic carbocycles. The number of aromatic nitrogens is 2. The van der Waals surface area contributed by atoms with E-state index in [0.717, 1.165) is 12.8 Å². The molecule has 20 heavy (non-hydrogen) atoms. The van der Waals surface area contributed by atoms with Crippen molar-refractivity contribution in [3.63, 3.8) is 0 Å². The number of hydrogen-bond donors (Lipinski definition) is 2. The second-order valence-corrected chi connectivity index (χ2v) is 5.35. The van der Waals surface area contributed by atoms with Gasteiger partial charge in [-0.1, -0.05) is 13.8 Å². The Morgan fingerprint density at radius 1 is 1.45 bits per heavy atom. The van der Waals surface area contributed by atoms with Crippen LogP contribution in [-0.2, 0) is 11.3 Å². The van der Waals surface area contributed by atoms with E-state index in [9.17, 15) is 9.59 Å². The summed E-state index contributed by atoms with van der Waals surface area (Å²) in [5.41, 5.74) is 0.333. The Bertz CT molecular complexity index is 516. The van der Waals surface area contributed by atoms with E-state index in [1.807, 2.05) is 13.8 Å². The van der Waals surface area contributed by atoms with Crippen LogP contribution >= 0.6 is 15.9 Å². The molecule has 0 bridgehead atoms. The van der Waals surface area contributed by atoms with E-state index in [1.54, 1.807) is 13.1 Å². The Morgan fingerprint density at radius 2 is 2.15 bits per heavy atom. The minimum atomic E-state index is -0.430. The van der Waals surface area contributed by atoms with E-state index >= 15 is 0 Å². The Morgan fingerprint density at radius 3 is 2.75 bits per heavy atom. The van der Waals surface area contributed by atoms with Crippen molar-refractivity contribution in [1.82, 2.24) is 15.1 Å². The first-order valence-corrected chi connectivity index (χ1v) is 7.60. The van der Waals surface area contributed by atoms with Crippen molar-refractivity contribution < 1.29 is 4.79 Å². The van der Waals surface area contributed by atoms with Crippen LogP contribution in [0, 0.1) is 0 Å². The van der Waals surface area contributed by atoms with Crippen LogP contribution in [0.25, 0.3) is 0 Å². The SMILES string of the molecule is CCCNC(=O)C(C)Nc1cnn(CCC)c(=O)c1Br. The first kappa shape index (κ1) is 16.7. The summed E-state index contributed by atoms with van der Waals surface area (Å²) in [7, 11) is 0. The molecule has 0 aliphatic rings. The Labute approximate surface area is 127 Å². The minimum Gasteiger partial charge on any atom is -0.372 e. The molecule has 112 valence electrons. The van der Waals surface area contributed by atoms with Crippen LogP contribution < -0.4 is 16.2 Å². The zero-order valence-electron chi connectivity index (χ0n) is 12.1. The van der Waals surface area contributed by atoms with E-state index in [1.165, 1.54) is 4.68 Å². The van der Waals surface area contributed by atoms with Crippen molar-refractivity contribution in [2.45, 2.75) is 46.2 Å². The highest BCUT2D eigenvalue weighted by atomic mass is 79.9. The molecule has 0 saturated carbocycles. The number of amides is 1. The number of carbonyl (C=O) groups is 1. The topological polar surface area (TPSA) is 76.0 Å². The van der Waals surface area contributed by atoms with Gasteiger partial charge in [-0.3, -0.25) is 9.59 Å². The maximum atomic E-state index is 12.0. The van der Waals surface area contributed by atoms with E-state index in [4.69, 9.17) is 0 Å². The lowest BCUT2D eigenvalue weighted by molar-refractivity contribution is -0.121. The van der Waals surface area contributed by atoms with Gasteiger partial charge in [0.25, 0.3) is 5.56 Å². The average molecular weight is 345 g/mol. The number of rotatable bonds is 7. The second-order valence-electron chi connectivity index (χ2n) is 4.56. The molecule has 1 aromatic heterocycles. The highest BCUT2D eigenvalue weighted by molar-refractivity contribution is 9.10. The molecule has 0 aliphatic heterocycles. The van der Waals surface area contributed by atoms with Gasteiger partial charge in [0.2, 0.25) is 5.91 Å². The van der Waals surface area contributed by atoms with Crippen LogP contribution in [0.5, 0.6) is 0 Å². The third-order valence-electron chi connectivity index (χ3n) is 2.73. The Hall–Kier alpha value is -1.37. The molecule has 1 aromatic rings. The van der Waals surface area contributed by atoms with Crippen LogP contribution in [0.15, 0.2) is 15.5 Å². The van der Waals surface area contributed by atoms with Crippen molar-refractivity contribution in [3.05, 3.63) is 21.0 Å². The van der Waals surface area contributed by atoms with Crippen LogP contribution in [0.2, 0.25) is 0 Å². The summed E-state index contributed by atoms with van der Waals surface area (Å²) in [6.07, 6.45) is 3.28. The van der Waals surface area contributed by atoms with Crippen molar-refractivity contribution in [1.29, 1.82) is 0 Å². The number of anilines is 1. The van der Waals surface area contributed by atoms with Gasteiger partial charge in [0.1, 0.15) is 10.5 Å². The van der Waals surface area contributed by atoms with Crippen LogP contribution in [0.4, 0.5) is 5.69 Å². The van der Waals surface area contributed by atoms with Gasteiger partial charge in [-0.25, -0.2) is 4.68 Å². The fourth-order valence-electron chi connectivity index (χ4n) is 1.64. The predicted octanol–water partition coefficient (Wildman–Crippen LogP) is 1.74. The fourth-order valence-corrected chi connectivity index (χ4v) is 2.06. The second kappa shape index (κ2) is 8.04. The average Bonchev–Trinajstić information content (AvgIpc) is 2.44. The Kier molecular flexibility index (Phi) is 6.70. The van der Waals surface area contributed by atoms with Crippen LogP contribution in [-0.4, -0.2) is 28.3 Å². The van der Waals surface area contributed by atoms with Gasteiger partial charge in [0.15, 0.2) is 0 Å². The molecule has 0 fully saturated rings. The van der Waals surface area contributed by atoms with E-state index in [2.05, 4.69) is 31.7 Å². The molecule has 0 radical (unpaired) electrons. The molecule has 7 heteroatoms. The summed E-state index contributed by atoms with van der Waals surface area (Å²) >= 11 is 3.26. The maximum absolute atomic E-state index is 12.0. The van der Waals surface area contributed by atoms with Gasteiger partial charge in [-0.2, -0.15) is 5.10 Å².